The van der Waals surface area contributed by atoms with Crippen LogP contribution >= 0.6 is 0 Å². The molecule has 2 nitrogen and oxygen atoms in total. The van der Waals surface area contributed by atoms with Gasteiger partial charge >= 0.3 is 5.97 Å². The molecule has 0 aliphatic rings. The van der Waals surface area contributed by atoms with Crippen molar-refractivity contribution in [2.24, 2.45) is 5.92 Å². The Morgan fingerprint density at radius 1 is 1.35 bits per heavy atom. The average Bonchev–Trinajstić information content (AvgIpc) is 2.35. The quantitative estimate of drug-likeness (QED) is 0.308. The van der Waals surface area contributed by atoms with Crippen molar-refractivity contribution in [2.45, 2.75) is 32.6 Å². The van der Waals surface area contributed by atoms with Crippen molar-refractivity contribution in [1.82, 2.24) is 0 Å². The maximum atomic E-state index is 11.7. The Hall–Kier alpha value is -1.57. The van der Waals surface area contributed by atoms with Crippen LogP contribution in [0, 0.1) is 5.92 Å². The molecule has 2 heteroatoms. The fraction of sp³-hybridized carbons (Fsp3) is 0.400. The first-order chi connectivity index (χ1) is 8.24. The number of ether oxygens (including phenoxy) is 1. The number of rotatable bonds is 7. The summed E-state index contributed by atoms with van der Waals surface area (Å²) in [6.07, 6.45) is 5.93. The number of carbonyl (C=O) groups excluding carboxylic acids is 1. The molecule has 1 atom stereocenters. The first-order valence-corrected chi connectivity index (χ1v) is 6.11. The van der Waals surface area contributed by atoms with Gasteiger partial charge in [0.2, 0.25) is 0 Å². The molecule has 0 saturated carbocycles. The minimum atomic E-state index is -0.144. The van der Waals surface area contributed by atoms with E-state index in [2.05, 4.69) is 6.58 Å². The van der Waals surface area contributed by atoms with Gasteiger partial charge < -0.3 is 4.74 Å². The summed E-state index contributed by atoms with van der Waals surface area (Å²) in [5.41, 5.74) is 0. The zero-order chi connectivity index (χ0) is 12.5. The largest absolute Gasteiger partial charge is 0.426 e. The van der Waals surface area contributed by atoms with Crippen molar-refractivity contribution in [3.63, 3.8) is 0 Å². The molecule has 0 fully saturated rings. The van der Waals surface area contributed by atoms with Gasteiger partial charge in [0.15, 0.2) is 0 Å². The molecule has 0 radical (unpaired) electrons. The predicted molar refractivity (Wildman–Crippen MR) is 69.9 cm³/mol. The van der Waals surface area contributed by atoms with Gasteiger partial charge in [-0.3, -0.25) is 4.79 Å². The Morgan fingerprint density at radius 2 is 2.06 bits per heavy atom. The molecule has 0 bridgehead atoms. The van der Waals surface area contributed by atoms with E-state index < -0.39 is 0 Å². The van der Waals surface area contributed by atoms with Gasteiger partial charge in [0.25, 0.3) is 0 Å². The van der Waals surface area contributed by atoms with Crippen LogP contribution in [-0.4, -0.2) is 5.97 Å². The van der Waals surface area contributed by atoms with Gasteiger partial charge in [-0.15, -0.1) is 6.58 Å². The number of benzene rings is 1. The molecule has 0 spiro atoms. The number of carbonyl (C=O) groups is 1. The van der Waals surface area contributed by atoms with E-state index in [-0.39, 0.29) is 11.9 Å². The maximum Gasteiger partial charge on any atom is 0.314 e. The minimum absolute atomic E-state index is 0.0416. The van der Waals surface area contributed by atoms with Gasteiger partial charge in [0.1, 0.15) is 5.75 Å². The highest BCUT2D eigenvalue weighted by Gasteiger charge is 2.14. The third-order valence-corrected chi connectivity index (χ3v) is 2.66. The molecule has 0 heterocycles. The van der Waals surface area contributed by atoms with E-state index in [9.17, 15) is 4.79 Å². The van der Waals surface area contributed by atoms with Gasteiger partial charge in [-0.1, -0.05) is 37.6 Å². The number of hydrogen-bond donors (Lipinski definition) is 0. The van der Waals surface area contributed by atoms with Gasteiger partial charge in [0.05, 0.1) is 5.92 Å². The Morgan fingerprint density at radius 3 is 2.71 bits per heavy atom. The molecule has 1 rings (SSSR count). The molecule has 0 aromatic heterocycles. The number of esters is 1. The zero-order valence-electron chi connectivity index (χ0n) is 10.4. The lowest BCUT2D eigenvalue weighted by atomic mass is 10.0. The second-order valence-corrected chi connectivity index (χ2v) is 4.21. The summed E-state index contributed by atoms with van der Waals surface area (Å²) in [6.45, 7) is 5.59. The second-order valence-electron chi connectivity index (χ2n) is 4.21. The highest BCUT2D eigenvalue weighted by Crippen LogP contribution is 2.15. The van der Waals surface area contributed by atoms with E-state index in [0.29, 0.717) is 5.75 Å². The van der Waals surface area contributed by atoms with Crippen LogP contribution in [0.5, 0.6) is 5.75 Å². The van der Waals surface area contributed by atoms with Crippen molar-refractivity contribution in [1.29, 1.82) is 0 Å². The summed E-state index contributed by atoms with van der Waals surface area (Å²) in [4.78, 5) is 11.7. The number of hydrogen-bond acceptors (Lipinski definition) is 2. The summed E-state index contributed by atoms with van der Waals surface area (Å²) < 4.78 is 5.27. The number of allylic oxidation sites excluding steroid dienone is 1. The lowest BCUT2D eigenvalue weighted by Crippen LogP contribution is -2.17. The fourth-order valence-electron chi connectivity index (χ4n) is 1.56. The molecule has 92 valence electrons. The standard InChI is InChI=1S/C15H20O2/c1-3-4-5-7-10-13(2)15(16)17-14-11-8-6-9-12-14/h3,6,8-9,11-13H,1,4-5,7,10H2,2H3. The van der Waals surface area contributed by atoms with Crippen LogP contribution in [0.1, 0.15) is 32.6 Å². The smallest absolute Gasteiger partial charge is 0.314 e. The van der Waals surface area contributed by atoms with E-state index >= 15 is 0 Å². The van der Waals surface area contributed by atoms with Gasteiger partial charge in [0, 0.05) is 0 Å². The van der Waals surface area contributed by atoms with Crippen molar-refractivity contribution >= 4 is 5.97 Å². The molecule has 0 aliphatic carbocycles. The van der Waals surface area contributed by atoms with Crippen molar-refractivity contribution < 1.29 is 9.53 Å². The van der Waals surface area contributed by atoms with Crippen LogP contribution in [0.4, 0.5) is 0 Å². The molecule has 1 unspecified atom stereocenters. The Kier molecular flexibility index (Phi) is 6.08. The summed E-state index contributed by atoms with van der Waals surface area (Å²) in [5, 5.41) is 0. The van der Waals surface area contributed by atoms with E-state index in [1.54, 1.807) is 12.1 Å². The fourth-order valence-corrected chi connectivity index (χ4v) is 1.56. The molecule has 0 aliphatic heterocycles. The average molecular weight is 232 g/mol. The maximum absolute atomic E-state index is 11.7. The molecular formula is C15H20O2. The molecule has 1 aromatic carbocycles. The van der Waals surface area contributed by atoms with Gasteiger partial charge in [-0.2, -0.15) is 0 Å². The van der Waals surface area contributed by atoms with E-state index in [1.807, 2.05) is 31.2 Å². The minimum Gasteiger partial charge on any atom is -0.426 e. The van der Waals surface area contributed by atoms with Gasteiger partial charge in [-0.25, -0.2) is 0 Å². The van der Waals surface area contributed by atoms with E-state index in [4.69, 9.17) is 4.74 Å². The summed E-state index contributed by atoms with van der Waals surface area (Å²) in [5.74, 6) is 0.435. The lowest BCUT2D eigenvalue weighted by Gasteiger charge is -2.10. The Balaban J connectivity index is 2.29. The molecule has 1 aromatic rings. The topological polar surface area (TPSA) is 26.3 Å². The van der Waals surface area contributed by atoms with Crippen molar-refractivity contribution in [2.75, 3.05) is 0 Å². The Labute approximate surface area is 103 Å². The highest BCUT2D eigenvalue weighted by atomic mass is 16.5. The van der Waals surface area contributed by atoms with Gasteiger partial charge in [-0.05, 0) is 31.4 Å². The van der Waals surface area contributed by atoms with Crippen LogP contribution in [-0.2, 0) is 4.79 Å². The van der Waals surface area contributed by atoms with E-state index in [1.165, 1.54) is 0 Å². The molecule has 0 saturated heterocycles. The SMILES string of the molecule is C=CCCCCC(C)C(=O)Oc1ccccc1. The van der Waals surface area contributed by atoms with Crippen LogP contribution in [0.2, 0.25) is 0 Å². The Bertz CT molecular complexity index is 343. The lowest BCUT2D eigenvalue weighted by molar-refractivity contribution is -0.138. The molecule has 17 heavy (non-hydrogen) atoms. The van der Waals surface area contributed by atoms with Crippen LogP contribution in [0.25, 0.3) is 0 Å². The number of unbranched alkanes of at least 4 members (excludes halogenated alkanes) is 2. The number of para-hydroxylation sites is 1. The van der Waals surface area contributed by atoms with Crippen LogP contribution < -0.4 is 4.74 Å². The first kappa shape index (κ1) is 13.5. The van der Waals surface area contributed by atoms with Crippen LogP contribution in [0.3, 0.4) is 0 Å². The zero-order valence-corrected chi connectivity index (χ0v) is 10.4. The third-order valence-electron chi connectivity index (χ3n) is 2.66. The summed E-state index contributed by atoms with van der Waals surface area (Å²) in [7, 11) is 0. The summed E-state index contributed by atoms with van der Waals surface area (Å²) >= 11 is 0. The normalized spacial score (nSPS) is 11.8. The predicted octanol–water partition coefficient (Wildman–Crippen LogP) is 3.97. The van der Waals surface area contributed by atoms with Crippen LogP contribution in [0.15, 0.2) is 43.0 Å². The third kappa shape index (κ3) is 5.34. The van der Waals surface area contributed by atoms with Crippen molar-refractivity contribution in [3.8, 4) is 5.75 Å². The highest BCUT2D eigenvalue weighted by molar-refractivity contribution is 5.74. The molecule has 0 N–H and O–H groups in total. The summed E-state index contributed by atoms with van der Waals surface area (Å²) in [6, 6.07) is 9.20. The molecule has 0 amide bonds. The monoisotopic (exact) mass is 232 g/mol. The molecular weight excluding hydrogens is 212 g/mol. The first-order valence-electron chi connectivity index (χ1n) is 6.11. The van der Waals surface area contributed by atoms with Crippen molar-refractivity contribution in [3.05, 3.63) is 43.0 Å². The second kappa shape index (κ2) is 7.66. The van der Waals surface area contributed by atoms with E-state index in [0.717, 1.165) is 25.7 Å².